The van der Waals surface area contributed by atoms with Crippen LogP contribution in [0.4, 0.5) is 13.2 Å². The molecule has 1 aliphatic rings. The highest BCUT2D eigenvalue weighted by Gasteiger charge is 2.32. The van der Waals surface area contributed by atoms with Crippen molar-refractivity contribution in [3.05, 3.63) is 29.3 Å². The Morgan fingerprint density at radius 1 is 1.28 bits per heavy atom. The fourth-order valence-corrected chi connectivity index (χ4v) is 2.29. The first kappa shape index (κ1) is 13.2. The molecular formula is C13H16F3NO. The highest BCUT2D eigenvalue weighted by Crippen LogP contribution is 2.36. The first-order valence-electron chi connectivity index (χ1n) is 6.01. The van der Waals surface area contributed by atoms with Crippen LogP contribution in [-0.4, -0.2) is 13.7 Å². The number of alkyl halides is 3. The predicted molar refractivity (Wildman–Crippen MR) is 62.6 cm³/mol. The van der Waals surface area contributed by atoms with Crippen LogP contribution in [0.5, 0.6) is 5.75 Å². The molecule has 1 aromatic rings. The predicted octanol–water partition coefficient (Wildman–Crippen LogP) is 3.53. The summed E-state index contributed by atoms with van der Waals surface area (Å²) in [7, 11) is 1.40. The zero-order chi connectivity index (χ0) is 13.2. The maximum atomic E-state index is 12.6. The number of halogens is 3. The third kappa shape index (κ3) is 2.77. The van der Waals surface area contributed by atoms with Gasteiger partial charge in [-0.1, -0.05) is 12.5 Å². The lowest BCUT2D eigenvalue weighted by Crippen LogP contribution is -2.27. The Kier molecular flexibility index (Phi) is 3.80. The summed E-state index contributed by atoms with van der Waals surface area (Å²) in [4.78, 5) is 0. The topological polar surface area (TPSA) is 21.3 Å². The van der Waals surface area contributed by atoms with Gasteiger partial charge in [0.25, 0.3) is 0 Å². The molecule has 1 aliphatic heterocycles. The van der Waals surface area contributed by atoms with E-state index in [-0.39, 0.29) is 6.04 Å². The molecule has 0 spiro atoms. The van der Waals surface area contributed by atoms with E-state index in [0.717, 1.165) is 43.5 Å². The van der Waals surface area contributed by atoms with Gasteiger partial charge in [-0.15, -0.1) is 0 Å². The fraction of sp³-hybridized carbons (Fsp3) is 0.538. The van der Waals surface area contributed by atoms with Gasteiger partial charge in [0, 0.05) is 11.6 Å². The van der Waals surface area contributed by atoms with Gasteiger partial charge in [-0.3, -0.25) is 0 Å². The van der Waals surface area contributed by atoms with Crippen molar-refractivity contribution in [1.29, 1.82) is 0 Å². The monoisotopic (exact) mass is 259 g/mol. The molecule has 2 rings (SSSR count). The Labute approximate surface area is 104 Å². The van der Waals surface area contributed by atoms with Crippen LogP contribution in [0.15, 0.2) is 18.2 Å². The summed E-state index contributed by atoms with van der Waals surface area (Å²) >= 11 is 0. The van der Waals surface area contributed by atoms with Crippen LogP contribution < -0.4 is 10.1 Å². The fourth-order valence-electron chi connectivity index (χ4n) is 2.29. The highest BCUT2D eigenvalue weighted by molar-refractivity contribution is 5.40. The van der Waals surface area contributed by atoms with Crippen molar-refractivity contribution in [2.45, 2.75) is 31.5 Å². The number of nitrogens with one attached hydrogen (secondary N) is 1. The lowest BCUT2D eigenvalue weighted by atomic mass is 9.95. The molecule has 0 aliphatic carbocycles. The molecule has 1 heterocycles. The van der Waals surface area contributed by atoms with Gasteiger partial charge in [-0.2, -0.15) is 13.2 Å². The molecule has 1 N–H and O–H groups in total. The number of rotatable bonds is 2. The van der Waals surface area contributed by atoms with Gasteiger partial charge in [0.05, 0.1) is 12.7 Å². The number of ether oxygens (including phenoxy) is 1. The van der Waals surface area contributed by atoms with E-state index in [1.807, 2.05) is 0 Å². The number of methoxy groups -OCH3 is 1. The maximum absolute atomic E-state index is 12.6. The average molecular weight is 259 g/mol. The summed E-state index contributed by atoms with van der Waals surface area (Å²) in [5.74, 6) is 0.309. The van der Waals surface area contributed by atoms with E-state index in [9.17, 15) is 13.2 Å². The van der Waals surface area contributed by atoms with Crippen molar-refractivity contribution in [3.8, 4) is 5.75 Å². The minimum atomic E-state index is -4.33. The SMILES string of the molecule is COc1cc(C(F)(F)F)ccc1[C@@H]1CCCCN1. The van der Waals surface area contributed by atoms with Crippen LogP contribution in [0.3, 0.4) is 0 Å². The maximum Gasteiger partial charge on any atom is 0.416 e. The Hall–Kier alpha value is -1.23. The molecule has 1 aromatic carbocycles. The van der Waals surface area contributed by atoms with E-state index in [1.165, 1.54) is 13.2 Å². The Balaban J connectivity index is 2.30. The van der Waals surface area contributed by atoms with E-state index in [4.69, 9.17) is 4.74 Å². The van der Waals surface area contributed by atoms with Crippen LogP contribution in [0.25, 0.3) is 0 Å². The lowest BCUT2D eigenvalue weighted by molar-refractivity contribution is -0.137. The third-order valence-corrected chi connectivity index (χ3v) is 3.25. The molecule has 0 amide bonds. The van der Waals surface area contributed by atoms with Crippen LogP contribution >= 0.6 is 0 Å². The number of piperidine rings is 1. The van der Waals surface area contributed by atoms with Crippen LogP contribution in [0.1, 0.15) is 36.4 Å². The van der Waals surface area contributed by atoms with Crippen molar-refractivity contribution >= 4 is 0 Å². The largest absolute Gasteiger partial charge is 0.496 e. The van der Waals surface area contributed by atoms with Gasteiger partial charge in [0.15, 0.2) is 0 Å². The molecular weight excluding hydrogens is 243 g/mol. The molecule has 1 fully saturated rings. The van der Waals surface area contributed by atoms with Crippen LogP contribution in [0.2, 0.25) is 0 Å². The molecule has 0 saturated carbocycles. The zero-order valence-corrected chi connectivity index (χ0v) is 10.2. The smallest absolute Gasteiger partial charge is 0.416 e. The molecule has 0 bridgehead atoms. The molecule has 2 nitrogen and oxygen atoms in total. The number of hydrogen-bond donors (Lipinski definition) is 1. The van der Waals surface area contributed by atoms with Crippen molar-refractivity contribution in [1.82, 2.24) is 5.32 Å². The van der Waals surface area contributed by atoms with Gasteiger partial charge in [0.2, 0.25) is 0 Å². The Morgan fingerprint density at radius 3 is 2.61 bits per heavy atom. The molecule has 1 saturated heterocycles. The van der Waals surface area contributed by atoms with E-state index in [1.54, 1.807) is 0 Å². The highest BCUT2D eigenvalue weighted by atomic mass is 19.4. The molecule has 5 heteroatoms. The number of benzene rings is 1. The average Bonchev–Trinajstić information content (AvgIpc) is 2.38. The minimum absolute atomic E-state index is 0.0935. The number of hydrogen-bond acceptors (Lipinski definition) is 2. The molecule has 1 atom stereocenters. The van der Waals surface area contributed by atoms with Crippen LogP contribution in [-0.2, 0) is 6.18 Å². The summed E-state index contributed by atoms with van der Waals surface area (Å²) in [6, 6.07) is 3.81. The quantitative estimate of drug-likeness (QED) is 0.877. The Morgan fingerprint density at radius 2 is 2.06 bits per heavy atom. The van der Waals surface area contributed by atoms with Gasteiger partial charge < -0.3 is 10.1 Å². The Bertz CT molecular complexity index is 411. The first-order valence-corrected chi connectivity index (χ1v) is 6.01. The lowest BCUT2D eigenvalue weighted by Gasteiger charge is -2.25. The molecule has 100 valence electrons. The van der Waals surface area contributed by atoms with Gasteiger partial charge in [0.1, 0.15) is 5.75 Å². The van der Waals surface area contributed by atoms with E-state index < -0.39 is 11.7 Å². The molecule has 0 unspecified atom stereocenters. The minimum Gasteiger partial charge on any atom is -0.496 e. The summed E-state index contributed by atoms with van der Waals surface area (Å²) in [5.41, 5.74) is 0.143. The van der Waals surface area contributed by atoms with Gasteiger partial charge >= 0.3 is 6.18 Å². The van der Waals surface area contributed by atoms with Gasteiger partial charge in [-0.25, -0.2) is 0 Å². The second-order valence-electron chi connectivity index (χ2n) is 4.46. The van der Waals surface area contributed by atoms with Crippen LogP contribution in [0, 0.1) is 0 Å². The third-order valence-electron chi connectivity index (χ3n) is 3.25. The van der Waals surface area contributed by atoms with Crippen molar-refractivity contribution in [3.63, 3.8) is 0 Å². The molecule has 0 radical (unpaired) electrons. The molecule has 0 aromatic heterocycles. The zero-order valence-electron chi connectivity index (χ0n) is 10.2. The van der Waals surface area contributed by atoms with Gasteiger partial charge in [-0.05, 0) is 31.5 Å². The molecule has 18 heavy (non-hydrogen) atoms. The van der Waals surface area contributed by atoms with Crippen molar-refractivity contribution in [2.24, 2.45) is 0 Å². The van der Waals surface area contributed by atoms with E-state index in [0.29, 0.717) is 5.75 Å². The van der Waals surface area contributed by atoms with Crippen molar-refractivity contribution < 1.29 is 17.9 Å². The standard InChI is InChI=1S/C13H16F3NO/c1-18-12-8-9(13(14,15)16)5-6-10(12)11-4-2-3-7-17-11/h5-6,8,11,17H,2-4,7H2,1H3/t11-/m0/s1. The normalized spacial score (nSPS) is 20.8. The van der Waals surface area contributed by atoms with E-state index in [2.05, 4.69) is 5.32 Å². The summed E-state index contributed by atoms with van der Waals surface area (Å²) in [6.07, 6.45) is -1.20. The van der Waals surface area contributed by atoms with E-state index >= 15 is 0 Å². The van der Waals surface area contributed by atoms with Crippen molar-refractivity contribution in [2.75, 3.05) is 13.7 Å². The second-order valence-corrected chi connectivity index (χ2v) is 4.46. The summed E-state index contributed by atoms with van der Waals surface area (Å²) in [5, 5.41) is 3.31. The second kappa shape index (κ2) is 5.18. The first-order chi connectivity index (χ1) is 8.52. The summed E-state index contributed by atoms with van der Waals surface area (Å²) in [6.45, 7) is 0.898. The summed E-state index contributed by atoms with van der Waals surface area (Å²) < 4.78 is 42.9.